The van der Waals surface area contributed by atoms with Gasteiger partial charge in [0.2, 0.25) is 0 Å². The fourth-order valence-electron chi connectivity index (χ4n) is 3.10. The zero-order valence-electron chi connectivity index (χ0n) is 13.5. The van der Waals surface area contributed by atoms with Crippen LogP contribution in [0.3, 0.4) is 0 Å². The highest BCUT2D eigenvalue weighted by molar-refractivity contribution is 5.96. The predicted octanol–water partition coefficient (Wildman–Crippen LogP) is 3.17. The molecule has 0 bridgehead atoms. The molecule has 118 valence electrons. The van der Waals surface area contributed by atoms with Crippen molar-refractivity contribution in [2.75, 3.05) is 13.1 Å². The maximum atomic E-state index is 12.6. The molecule has 1 fully saturated rings. The lowest BCUT2D eigenvalue weighted by Gasteiger charge is -2.26. The lowest BCUT2D eigenvalue weighted by molar-refractivity contribution is 0.0724. The molecule has 22 heavy (non-hydrogen) atoms. The van der Waals surface area contributed by atoms with E-state index < -0.39 is 0 Å². The molecule has 0 unspecified atom stereocenters. The molecule has 1 aliphatic rings. The van der Waals surface area contributed by atoms with Crippen molar-refractivity contribution in [2.45, 2.75) is 52.5 Å². The van der Waals surface area contributed by atoms with E-state index >= 15 is 0 Å². The number of aromatic nitrogens is 3. The van der Waals surface area contributed by atoms with E-state index in [1.165, 1.54) is 6.42 Å². The number of pyridine rings is 1. The van der Waals surface area contributed by atoms with Crippen LogP contribution >= 0.6 is 0 Å². The van der Waals surface area contributed by atoms with Crippen LogP contribution < -0.4 is 0 Å². The summed E-state index contributed by atoms with van der Waals surface area (Å²) in [4.78, 5) is 23.6. The van der Waals surface area contributed by atoms with E-state index in [1.807, 2.05) is 17.9 Å². The standard InChI is InChI=1S/C17H24N4O/c1-3-4-10-21-13(2)19-15-11-14(12-18-16(15)21)17(22)20-8-6-5-7-9-20/h11-12H,3-10H2,1-2H3. The van der Waals surface area contributed by atoms with Crippen molar-refractivity contribution in [1.82, 2.24) is 19.4 Å². The highest BCUT2D eigenvalue weighted by Gasteiger charge is 2.19. The molecule has 0 saturated carbocycles. The number of imidazole rings is 1. The van der Waals surface area contributed by atoms with E-state index in [-0.39, 0.29) is 5.91 Å². The summed E-state index contributed by atoms with van der Waals surface area (Å²) in [6.45, 7) is 6.84. The molecule has 5 nitrogen and oxygen atoms in total. The predicted molar refractivity (Wildman–Crippen MR) is 86.9 cm³/mol. The SMILES string of the molecule is CCCCn1c(C)nc2cc(C(=O)N3CCCCC3)cnc21. The van der Waals surface area contributed by atoms with Crippen LogP contribution in [-0.2, 0) is 6.54 Å². The number of piperidine rings is 1. The van der Waals surface area contributed by atoms with Gasteiger partial charge in [-0.05, 0) is 38.7 Å². The molecule has 0 spiro atoms. The number of fused-ring (bicyclic) bond motifs is 1. The van der Waals surface area contributed by atoms with Crippen molar-refractivity contribution in [2.24, 2.45) is 0 Å². The van der Waals surface area contributed by atoms with E-state index in [9.17, 15) is 4.79 Å². The molecule has 0 atom stereocenters. The quantitative estimate of drug-likeness (QED) is 0.871. The van der Waals surface area contributed by atoms with E-state index in [0.29, 0.717) is 5.56 Å². The van der Waals surface area contributed by atoms with Crippen molar-refractivity contribution >= 4 is 17.1 Å². The minimum atomic E-state index is 0.0925. The van der Waals surface area contributed by atoms with Crippen LogP contribution in [0.15, 0.2) is 12.3 Å². The van der Waals surface area contributed by atoms with Gasteiger partial charge in [0.1, 0.15) is 11.3 Å². The molecule has 2 aromatic rings. The summed E-state index contributed by atoms with van der Waals surface area (Å²) in [6.07, 6.45) is 7.40. The van der Waals surface area contributed by atoms with Crippen LogP contribution in [-0.4, -0.2) is 38.4 Å². The Bertz CT molecular complexity index is 671. The lowest BCUT2D eigenvalue weighted by Crippen LogP contribution is -2.35. The first-order valence-electron chi connectivity index (χ1n) is 8.33. The van der Waals surface area contributed by atoms with Crippen LogP contribution in [0.25, 0.3) is 11.2 Å². The van der Waals surface area contributed by atoms with Gasteiger partial charge in [0, 0.05) is 25.8 Å². The normalized spacial score (nSPS) is 15.5. The van der Waals surface area contributed by atoms with Gasteiger partial charge in [-0.25, -0.2) is 9.97 Å². The molecule has 5 heteroatoms. The second-order valence-corrected chi connectivity index (χ2v) is 6.08. The topological polar surface area (TPSA) is 51.0 Å². The summed E-state index contributed by atoms with van der Waals surface area (Å²) >= 11 is 0. The van der Waals surface area contributed by atoms with Gasteiger partial charge < -0.3 is 9.47 Å². The van der Waals surface area contributed by atoms with Crippen LogP contribution in [0.5, 0.6) is 0 Å². The Morgan fingerprint density at radius 1 is 1.27 bits per heavy atom. The summed E-state index contributed by atoms with van der Waals surface area (Å²) in [5, 5.41) is 0. The number of hydrogen-bond donors (Lipinski definition) is 0. The Morgan fingerprint density at radius 3 is 2.77 bits per heavy atom. The number of amides is 1. The third-order valence-electron chi connectivity index (χ3n) is 4.40. The van der Waals surface area contributed by atoms with Gasteiger partial charge in [-0.3, -0.25) is 4.79 Å². The number of unbranched alkanes of at least 4 members (excludes halogenated alkanes) is 1. The molecule has 3 rings (SSSR count). The Hall–Kier alpha value is -1.91. The fraction of sp³-hybridized carbons (Fsp3) is 0.588. The van der Waals surface area contributed by atoms with E-state index in [1.54, 1.807) is 6.20 Å². The van der Waals surface area contributed by atoms with Gasteiger partial charge in [0.25, 0.3) is 5.91 Å². The van der Waals surface area contributed by atoms with Gasteiger partial charge in [-0.2, -0.15) is 0 Å². The largest absolute Gasteiger partial charge is 0.339 e. The average molecular weight is 300 g/mol. The van der Waals surface area contributed by atoms with Crippen molar-refractivity contribution < 1.29 is 4.79 Å². The van der Waals surface area contributed by atoms with Gasteiger partial charge >= 0.3 is 0 Å². The number of carbonyl (C=O) groups excluding carboxylic acids is 1. The molecule has 0 radical (unpaired) electrons. The summed E-state index contributed by atoms with van der Waals surface area (Å²) in [5.41, 5.74) is 2.38. The summed E-state index contributed by atoms with van der Waals surface area (Å²) < 4.78 is 2.15. The van der Waals surface area contributed by atoms with Gasteiger partial charge in [0.15, 0.2) is 5.65 Å². The summed E-state index contributed by atoms with van der Waals surface area (Å²) in [5.74, 6) is 1.06. The Morgan fingerprint density at radius 2 is 2.05 bits per heavy atom. The van der Waals surface area contributed by atoms with Crippen LogP contribution in [0.2, 0.25) is 0 Å². The molecule has 1 aliphatic heterocycles. The monoisotopic (exact) mass is 300 g/mol. The lowest BCUT2D eigenvalue weighted by atomic mass is 10.1. The van der Waals surface area contributed by atoms with E-state index in [2.05, 4.69) is 21.5 Å². The maximum Gasteiger partial charge on any atom is 0.255 e. The minimum Gasteiger partial charge on any atom is -0.339 e. The minimum absolute atomic E-state index is 0.0925. The fourth-order valence-corrected chi connectivity index (χ4v) is 3.10. The van der Waals surface area contributed by atoms with Crippen LogP contribution in [0.1, 0.15) is 55.2 Å². The zero-order valence-corrected chi connectivity index (χ0v) is 13.5. The molecule has 2 aromatic heterocycles. The van der Waals surface area contributed by atoms with Gasteiger partial charge in [0.05, 0.1) is 5.56 Å². The Balaban J connectivity index is 1.88. The number of hydrogen-bond acceptors (Lipinski definition) is 3. The number of rotatable bonds is 4. The average Bonchev–Trinajstić information content (AvgIpc) is 2.87. The van der Waals surface area contributed by atoms with Gasteiger partial charge in [-0.1, -0.05) is 13.3 Å². The van der Waals surface area contributed by atoms with E-state index in [4.69, 9.17) is 0 Å². The van der Waals surface area contributed by atoms with E-state index in [0.717, 1.165) is 62.3 Å². The Labute approximate surface area is 131 Å². The molecule has 0 aliphatic carbocycles. The highest BCUT2D eigenvalue weighted by atomic mass is 16.2. The number of aryl methyl sites for hydroxylation is 2. The summed E-state index contributed by atoms with van der Waals surface area (Å²) in [7, 11) is 0. The maximum absolute atomic E-state index is 12.6. The van der Waals surface area contributed by atoms with Crippen molar-refractivity contribution in [1.29, 1.82) is 0 Å². The number of carbonyl (C=O) groups is 1. The first-order chi connectivity index (χ1) is 10.7. The first-order valence-corrected chi connectivity index (χ1v) is 8.33. The molecule has 0 N–H and O–H groups in total. The van der Waals surface area contributed by atoms with Crippen LogP contribution in [0.4, 0.5) is 0 Å². The highest BCUT2D eigenvalue weighted by Crippen LogP contribution is 2.18. The van der Waals surface area contributed by atoms with Gasteiger partial charge in [-0.15, -0.1) is 0 Å². The smallest absolute Gasteiger partial charge is 0.255 e. The van der Waals surface area contributed by atoms with Crippen molar-refractivity contribution in [3.8, 4) is 0 Å². The summed E-state index contributed by atoms with van der Waals surface area (Å²) in [6, 6.07) is 1.90. The first kappa shape index (κ1) is 15.0. The van der Waals surface area contributed by atoms with Crippen molar-refractivity contribution in [3.63, 3.8) is 0 Å². The molecule has 3 heterocycles. The van der Waals surface area contributed by atoms with Crippen molar-refractivity contribution in [3.05, 3.63) is 23.7 Å². The molecular weight excluding hydrogens is 276 g/mol. The second kappa shape index (κ2) is 6.46. The molecular formula is C17H24N4O. The molecule has 1 saturated heterocycles. The van der Waals surface area contributed by atoms with Crippen LogP contribution in [0, 0.1) is 6.92 Å². The third kappa shape index (κ3) is 2.85. The molecule has 1 amide bonds. The second-order valence-electron chi connectivity index (χ2n) is 6.08. The zero-order chi connectivity index (χ0) is 15.5. The Kier molecular flexibility index (Phi) is 4.41. The number of likely N-dealkylation sites (tertiary alicyclic amines) is 1. The third-order valence-corrected chi connectivity index (χ3v) is 4.40. The number of nitrogens with zero attached hydrogens (tertiary/aromatic N) is 4. The molecule has 0 aromatic carbocycles.